The van der Waals surface area contributed by atoms with Crippen LogP contribution in [-0.2, 0) is 13.1 Å². The Bertz CT molecular complexity index is 596. The third-order valence-electron chi connectivity index (χ3n) is 4.53. The highest BCUT2D eigenvalue weighted by molar-refractivity contribution is 5.33. The van der Waals surface area contributed by atoms with E-state index in [1.54, 1.807) is 0 Å². The van der Waals surface area contributed by atoms with Gasteiger partial charge in [-0.2, -0.15) is 0 Å². The predicted octanol–water partition coefficient (Wildman–Crippen LogP) is 4.89. The van der Waals surface area contributed by atoms with Crippen LogP contribution in [0.1, 0.15) is 37.3 Å². The summed E-state index contributed by atoms with van der Waals surface area (Å²) in [7, 11) is 0. The Labute approximate surface area is 140 Å². The van der Waals surface area contributed by atoms with Crippen molar-refractivity contribution in [3.63, 3.8) is 0 Å². The molecule has 1 heterocycles. The molecule has 0 aromatic heterocycles. The maximum atomic E-state index is 6.03. The van der Waals surface area contributed by atoms with Crippen molar-refractivity contribution in [2.75, 3.05) is 13.2 Å². The molecule has 1 unspecified atom stereocenters. The number of benzene rings is 2. The summed E-state index contributed by atoms with van der Waals surface area (Å²) in [5.74, 6) is 1.78. The van der Waals surface area contributed by atoms with E-state index in [1.165, 1.54) is 24.0 Å². The van der Waals surface area contributed by atoms with E-state index in [0.29, 0.717) is 0 Å². The Hall–Kier alpha value is -1.80. The van der Waals surface area contributed by atoms with E-state index in [4.69, 9.17) is 4.74 Å². The molecule has 3 rings (SSSR count). The van der Waals surface area contributed by atoms with Crippen molar-refractivity contribution in [3.8, 4) is 5.75 Å². The molecule has 0 aliphatic carbocycles. The Balaban J connectivity index is 1.80. The van der Waals surface area contributed by atoms with Gasteiger partial charge in [-0.1, -0.05) is 55.5 Å². The van der Waals surface area contributed by atoms with Gasteiger partial charge in [0.05, 0.1) is 6.61 Å². The highest BCUT2D eigenvalue weighted by Crippen LogP contribution is 2.24. The smallest absolute Gasteiger partial charge is 0.123 e. The minimum atomic E-state index is 0.726. The van der Waals surface area contributed by atoms with E-state index in [2.05, 4.69) is 66.4 Å². The maximum absolute atomic E-state index is 6.03. The van der Waals surface area contributed by atoms with Crippen LogP contribution in [0.3, 0.4) is 0 Å². The van der Waals surface area contributed by atoms with Gasteiger partial charge in [-0.05, 0) is 36.8 Å². The van der Waals surface area contributed by atoms with Crippen LogP contribution < -0.4 is 4.74 Å². The fraction of sp³-hybridized carbons (Fsp3) is 0.429. The van der Waals surface area contributed by atoms with Gasteiger partial charge in [-0.25, -0.2) is 0 Å². The van der Waals surface area contributed by atoms with Crippen LogP contribution in [0.4, 0.5) is 0 Å². The monoisotopic (exact) mass is 309 g/mol. The number of hydrogen-bond acceptors (Lipinski definition) is 2. The Morgan fingerprint density at radius 2 is 1.78 bits per heavy atom. The highest BCUT2D eigenvalue weighted by Gasteiger charge is 2.15. The number of rotatable bonds is 2. The van der Waals surface area contributed by atoms with Gasteiger partial charge in [-0.3, -0.25) is 4.90 Å². The molecule has 0 radical (unpaired) electrons. The van der Waals surface area contributed by atoms with Crippen molar-refractivity contribution >= 4 is 0 Å². The van der Waals surface area contributed by atoms with E-state index >= 15 is 0 Å². The van der Waals surface area contributed by atoms with Crippen LogP contribution in [0.25, 0.3) is 0 Å². The van der Waals surface area contributed by atoms with Crippen LogP contribution in [0.2, 0.25) is 0 Å². The summed E-state index contributed by atoms with van der Waals surface area (Å²) in [6, 6.07) is 19.3. The zero-order valence-corrected chi connectivity index (χ0v) is 14.1. The van der Waals surface area contributed by atoms with Gasteiger partial charge in [-0.15, -0.1) is 0 Å². The zero-order valence-electron chi connectivity index (χ0n) is 14.1. The van der Waals surface area contributed by atoms with Crippen molar-refractivity contribution in [3.05, 3.63) is 65.7 Å². The molecule has 23 heavy (non-hydrogen) atoms. The average molecular weight is 309 g/mol. The molecule has 2 aromatic rings. The van der Waals surface area contributed by atoms with E-state index in [9.17, 15) is 0 Å². The van der Waals surface area contributed by atoms with Gasteiger partial charge in [0, 0.05) is 25.2 Å². The van der Waals surface area contributed by atoms with Gasteiger partial charge in [0.15, 0.2) is 0 Å². The minimum Gasteiger partial charge on any atom is -0.493 e. The maximum Gasteiger partial charge on any atom is 0.123 e. The summed E-state index contributed by atoms with van der Waals surface area (Å²) >= 11 is 0. The number of para-hydroxylation sites is 1. The van der Waals surface area contributed by atoms with Crippen molar-refractivity contribution in [2.45, 2.75) is 39.3 Å². The van der Waals surface area contributed by atoms with Gasteiger partial charge < -0.3 is 4.74 Å². The third-order valence-corrected chi connectivity index (χ3v) is 4.53. The number of fused-ring (bicyclic) bond motifs is 1. The molecular weight excluding hydrogens is 282 g/mol. The molecule has 2 nitrogen and oxygen atoms in total. The molecule has 1 aliphatic heterocycles. The number of nitrogens with zero attached hydrogens (tertiary/aromatic N) is 1. The summed E-state index contributed by atoms with van der Waals surface area (Å²) in [5.41, 5.74) is 2.69. The molecular formula is C21H27NO. The molecule has 1 atom stereocenters. The lowest BCUT2D eigenvalue weighted by atomic mass is 10.0. The molecule has 0 N–H and O–H groups in total. The topological polar surface area (TPSA) is 12.5 Å². The molecule has 0 spiro atoms. The Morgan fingerprint density at radius 3 is 2.65 bits per heavy atom. The summed E-state index contributed by atoms with van der Waals surface area (Å²) in [4.78, 5) is 2.56. The van der Waals surface area contributed by atoms with E-state index in [-0.39, 0.29) is 0 Å². The molecule has 0 saturated heterocycles. The number of hydrogen-bond donors (Lipinski definition) is 0. The second-order valence-electron chi connectivity index (χ2n) is 6.71. The van der Waals surface area contributed by atoms with E-state index in [0.717, 1.165) is 44.3 Å². The summed E-state index contributed by atoms with van der Waals surface area (Å²) in [6.07, 6.45) is 3.69. The van der Waals surface area contributed by atoms with Crippen molar-refractivity contribution in [1.29, 1.82) is 0 Å². The lowest BCUT2D eigenvalue weighted by Crippen LogP contribution is -2.28. The predicted molar refractivity (Wildman–Crippen MR) is 95.5 cm³/mol. The minimum absolute atomic E-state index is 0.726. The average Bonchev–Trinajstić information content (AvgIpc) is 2.59. The SMILES string of the molecule is CC1CCCCOc2ccccc2CN(Cc2ccccc2)C1. The summed E-state index contributed by atoms with van der Waals surface area (Å²) in [6.45, 7) is 6.31. The van der Waals surface area contributed by atoms with Crippen LogP contribution in [-0.4, -0.2) is 18.1 Å². The quantitative estimate of drug-likeness (QED) is 0.783. The molecule has 1 aliphatic rings. The van der Waals surface area contributed by atoms with Crippen LogP contribution >= 0.6 is 0 Å². The molecule has 2 heteroatoms. The lowest BCUT2D eigenvalue weighted by molar-refractivity contribution is 0.214. The summed E-state index contributed by atoms with van der Waals surface area (Å²) in [5, 5.41) is 0. The van der Waals surface area contributed by atoms with Crippen molar-refractivity contribution in [1.82, 2.24) is 4.90 Å². The van der Waals surface area contributed by atoms with Gasteiger partial charge in [0.1, 0.15) is 5.75 Å². The Morgan fingerprint density at radius 1 is 1.00 bits per heavy atom. The first-order valence-electron chi connectivity index (χ1n) is 8.78. The number of ether oxygens (including phenoxy) is 1. The molecule has 0 fully saturated rings. The zero-order chi connectivity index (χ0) is 15.9. The van der Waals surface area contributed by atoms with Gasteiger partial charge in [0.25, 0.3) is 0 Å². The molecule has 122 valence electrons. The Kier molecular flexibility index (Phi) is 5.71. The fourth-order valence-corrected chi connectivity index (χ4v) is 3.35. The molecule has 0 bridgehead atoms. The molecule has 0 saturated carbocycles. The first-order chi connectivity index (χ1) is 11.3. The second kappa shape index (κ2) is 8.16. The van der Waals surface area contributed by atoms with E-state index in [1.807, 2.05) is 0 Å². The second-order valence-corrected chi connectivity index (χ2v) is 6.71. The first kappa shape index (κ1) is 16.1. The van der Waals surface area contributed by atoms with Crippen LogP contribution in [0.5, 0.6) is 5.75 Å². The standard InChI is InChI=1S/C21H27NO/c1-18-9-7-8-14-23-21-13-6-5-12-20(21)17-22(15-18)16-19-10-3-2-4-11-19/h2-6,10-13,18H,7-9,14-17H2,1H3. The van der Waals surface area contributed by atoms with Crippen molar-refractivity contribution < 1.29 is 4.74 Å². The molecule has 2 aromatic carbocycles. The van der Waals surface area contributed by atoms with E-state index < -0.39 is 0 Å². The third kappa shape index (κ3) is 4.84. The van der Waals surface area contributed by atoms with Crippen molar-refractivity contribution in [2.24, 2.45) is 5.92 Å². The molecule has 0 amide bonds. The van der Waals surface area contributed by atoms with Gasteiger partial charge in [0.2, 0.25) is 0 Å². The largest absolute Gasteiger partial charge is 0.493 e. The van der Waals surface area contributed by atoms with Crippen LogP contribution in [0.15, 0.2) is 54.6 Å². The first-order valence-corrected chi connectivity index (χ1v) is 8.78. The normalized spacial score (nSPS) is 20.1. The lowest BCUT2D eigenvalue weighted by Gasteiger charge is -2.26. The van der Waals surface area contributed by atoms with Gasteiger partial charge >= 0.3 is 0 Å². The van der Waals surface area contributed by atoms with Crippen LogP contribution in [0, 0.1) is 5.92 Å². The summed E-state index contributed by atoms with van der Waals surface area (Å²) < 4.78 is 6.03. The fourth-order valence-electron chi connectivity index (χ4n) is 3.35. The highest BCUT2D eigenvalue weighted by atomic mass is 16.5.